The minimum atomic E-state index is -0.332. The molecule has 9 heteroatoms. The van der Waals surface area contributed by atoms with Crippen molar-refractivity contribution in [3.8, 4) is 0 Å². The van der Waals surface area contributed by atoms with E-state index in [4.69, 9.17) is 4.63 Å². The van der Waals surface area contributed by atoms with E-state index in [1.807, 2.05) is 12.1 Å². The summed E-state index contributed by atoms with van der Waals surface area (Å²) in [5, 5.41) is 10.8. The van der Waals surface area contributed by atoms with Crippen molar-refractivity contribution in [2.75, 3.05) is 24.5 Å². The van der Waals surface area contributed by atoms with Crippen molar-refractivity contribution in [1.82, 2.24) is 20.5 Å². The molecule has 1 saturated heterocycles. The molecule has 1 aromatic heterocycles. The predicted octanol–water partition coefficient (Wildman–Crippen LogP) is 3.11. The number of carbonyl (C=O) groups is 3. The number of rotatable bonds is 6. The van der Waals surface area contributed by atoms with Gasteiger partial charge in [-0.3, -0.25) is 19.3 Å². The second-order valence-corrected chi connectivity index (χ2v) is 11.4. The normalized spacial score (nSPS) is 27.4. The number of hydrogen-bond donors (Lipinski definition) is 1. The van der Waals surface area contributed by atoms with Crippen LogP contribution in [0.25, 0.3) is 0 Å². The minimum Gasteiger partial charge on any atom is -0.371 e. The summed E-state index contributed by atoms with van der Waals surface area (Å²) < 4.78 is 4.73. The van der Waals surface area contributed by atoms with Crippen molar-refractivity contribution in [2.45, 2.75) is 45.6 Å². The molecule has 37 heavy (non-hydrogen) atoms. The summed E-state index contributed by atoms with van der Waals surface area (Å²) in [6.07, 6.45) is 10.2. The van der Waals surface area contributed by atoms with Crippen LogP contribution in [0.3, 0.4) is 0 Å². The summed E-state index contributed by atoms with van der Waals surface area (Å²) in [5.41, 5.74) is 3.18. The van der Waals surface area contributed by atoms with Gasteiger partial charge < -0.3 is 10.2 Å². The Hall–Kier alpha value is -3.49. The summed E-state index contributed by atoms with van der Waals surface area (Å²) in [6.45, 7) is 3.88. The number of allylic oxidation sites excluding steroid dienone is 2. The number of carbonyl (C=O) groups excluding carboxylic acids is 3. The number of imide groups is 1. The molecule has 2 saturated carbocycles. The second-order valence-electron chi connectivity index (χ2n) is 11.4. The second kappa shape index (κ2) is 8.26. The van der Waals surface area contributed by atoms with E-state index in [0.29, 0.717) is 52.9 Å². The fourth-order valence-electron chi connectivity index (χ4n) is 7.38. The van der Waals surface area contributed by atoms with Gasteiger partial charge in [-0.25, -0.2) is 4.63 Å². The molecule has 3 aliphatic carbocycles. The smallest absolute Gasteiger partial charge is 0.264 e. The zero-order valence-electron chi connectivity index (χ0n) is 21.0. The third kappa shape index (κ3) is 3.46. The number of aromatic nitrogens is 2. The first-order valence-electron chi connectivity index (χ1n) is 13.4. The van der Waals surface area contributed by atoms with Gasteiger partial charge in [0.1, 0.15) is 11.4 Å². The lowest BCUT2D eigenvalue weighted by Gasteiger charge is -2.34. The molecule has 3 fully saturated rings. The summed E-state index contributed by atoms with van der Waals surface area (Å²) >= 11 is 0. The molecule has 192 valence electrons. The van der Waals surface area contributed by atoms with Crippen LogP contribution >= 0.6 is 0 Å². The van der Waals surface area contributed by atoms with Gasteiger partial charge in [0, 0.05) is 25.6 Å². The van der Waals surface area contributed by atoms with Crippen LogP contribution in [-0.2, 0) is 11.3 Å². The number of fused-ring (bicyclic) bond motifs is 1. The molecule has 9 nitrogen and oxygen atoms in total. The topological polar surface area (TPSA) is 109 Å². The molecule has 3 amide bonds. The number of nitrogens with zero attached hydrogens (tertiary/aromatic N) is 4. The van der Waals surface area contributed by atoms with Crippen LogP contribution in [0, 0.1) is 36.0 Å². The molecule has 3 heterocycles. The van der Waals surface area contributed by atoms with Gasteiger partial charge in [-0.05, 0) is 74.3 Å². The molecular formula is C28H31N5O4. The Morgan fingerprint density at radius 3 is 2.65 bits per heavy atom. The number of benzene rings is 1. The largest absolute Gasteiger partial charge is 0.371 e. The van der Waals surface area contributed by atoms with Crippen molar-refractivity contribution in [1.29, 1.82) is 0 Å². The van der Waals surface area contributed by atoms with Gasteiger partial charge >= 0.3 is 0 Å². The molecule has 1 aromatic carbocycles. The van der Waals surface area contributed by atoms with Crippen LogP contribution in [0.4, 0.5) is 5.69 Å². The summed E-state index contributed by atoms with van der Waals surface area (Å²) in [4.78, 5) is 42.7. The fraction of sp³-hybridized carbons (Fsp3) is 0.536. The van der Waals surface area contributed by atoms with Crippen LogP contribution in [0.2, 0.25) is 0 Å². The predicted molar refractivity (Wildman–Crippen MR) is 134 cm³/mol. The fourth-order valence-corrected chi connectivity index (χ4v) is 7.38. The quantitative estimate of drug-likeness (QED) is 0.479. The van der Waals surface area contributed by atoms with E-state index in [1.54, 1.807) is 13.0 Å². The van der Waals surface area contributed by atoms with E-state index in [2.05, 4.69) is 32.7 Å². The lowest BCUT2D eigenvalue weighted by Crippen LogP contribution is -2.42. The zero-order valence-corrected chi connectivity index (χ0v) is 21.0. The maximum atomic E-state index is 13.3. The SMILES string of the molecule is Cc1nonc1CN1C(=O)c2cccc(N3CCC(C(=O)NC[C@H]4C[C@H]5C=C[C@@H]4C54CC4)CC3)c2C1=O. The van der Waals surface area contributed by atoms with Crippen LogP contribution in [0.15, 0.2) is 35.0 Å². The van der Waals surface area contributed by atoms with Crippen molar-refractivity contribution >= 4 is 23.4 Å². The number of hydrogen-bond acceptors (Lipinski definition) is 7. The van der Waals surface area contributed by atoms with Gasteiger partial charge in [0.15, 0.2) is 0 Å². The van der Waals surface area contributed by atoms with Crippen LogP contribution in [0.5, 0.6) is 0 Å². The van der Waals surface area contributed by atoms with Crippen LogP contribution in [-0.4, -0.2) is 52.6 Å². The average Bonchev–Trinajstić information content (AvgIpc) is 3.31. The summed E-state index contributed by atoms with van der Waals surface area (Å²) in [5.74, 6) is 1.45. The number of amides is 3. The molecule has 1 spiro atoms. The van der Waals surface area contributed by atoms with Gasteiger partial charge in [-0.15, -0.1) is 0 Å². The van der Waals surface area contributed by atoms with Gasteiger partial charge in [-0.2, -0.15) is 0 Å². The Morgan fingerprint density at radius 1 is 1.14 bits per heavy atom. The average molecular weight is 502 g/mol. The molecule has 3 atom stereocenters. The Balaban J connectivity index is 0.986. The molecule has 7 rings (SSSR count). The number of anilines is 1. The number of aryl methyl sites for hydroxylation is 1. The van der Waals surface area contributed by atoms with Gasteiger partial charge in [0.05, 0.1) is 23.4 Å². The van der Waals surface area contributed by atoms with E-state index in [9.17, 15) is 14.4 Å². The Bertz CT molecular complexity index is 1320. The number of nitrogens with one attached hydrogen (secondary N) is 1. The van der Waals surface area contributed by atoms with Crippen molar-refractivity contribution in [3.05, 3.63) is 52.9 Å². The van der Waals surface area contributed by atoms with E-state index in [1.165, 1.54) is 24.2 Å². The van der Waals surface area contributed by atoms with Crippen molar-refractivity contribution in [3.63, 3.8) is 0 Å². The van der Waals surface area contributed by atoms with Gasteiger partial charge in [-0.1, -0.05) is 28.5 Å². The molecule has 2 bridgehead atoms. The van der Waals surface area contributed by atoms with Crippen molar-refractivity contribution in [2.24, 2.45) is 29.1 Å². The van der Waals surface area contributed by atoms with E-state index in [0.717, 1.165) is 31.0 Å². The van der Waals surface area contributed by atoms with Crippen LogP contribution < -0.4 is 10.2 Å². The monoisotopic (exact) mass is 501 g/mol. The molecule has 2 aromatic rings. The summed E-state index contributed by atoms with van der Waals surface area (Å²) in [7, 11) is 0. The first-order valence-corrected chi connectivity index (χ1v) is 13.4. The van der Waals surface area contributed by atoms with E-state index >= 15 is 0 Å². The Morgan fingerprint density at radius 2 is 1.95 bits per heavy atom. The Kier molecular flexibility index (Phi) is 5.07. The third-order valence-corrected chi connectivity index (χ3v) is 9.62. The zero-order chi connectivity index (χ0) is 25.3. The lowest BCUT2D eigenvalue weighted by atomic mass is 9.88. The standard InChI is InChI=1S/C28H31N5O4/c1-16-22(31-37-30-16)15-33-26(35)20-3-2-4-23(24(20)27(33)36)32-11-7-17(8-12-32)25(34)29-14-18-13-19-5-6-21(18)28(19)9-10-28/h2-6,17-19,21H,7-15H2,1H3,(H,29,34)/t18-,19-,21+/m1/s1. The summed E-state index contributed by atoms with van der Waals surface area (Å²) in [6, 6.07) is 5.41. The van der Waals surface area contributed by atoms with Crippen LogP contribution in [0.1, 0.15) is 64.2 Å². The van der Waals surface area contributed by atoms with Gasteiger partial charge in [0.25, 0.3) is 11.8 Å². The highest BCUT2D eigenvalue weighted by atomic mass is 16.6. The first kappa shape index (κ1) is 22.7. The first-order chi connectivity index (χ1) is 18.0. The molecule has 5 aliphatic rings. The van der Waals surface area contributed by atoms with E-state index in [-0.39, 0.29) is 30.2 Å². The molecular weight excluding hydrogens is 470 g/mol. The third-order valence-electron chi connectivity index (χ3n) is 9.62. The minimum absolute atomic E-state index is 0.0199. The van der Waals surface area contributed by atoms with Crippen molar-refractivity contribution < 1.29 is 19.0 Å². The highest BCUT2D eigenvalue weighted by molar-refractivity contribution is 6.23. The number of piperidine rings is 1. The van der Waals surface area contributed by atoms with E-state index < -0.39 is 0 Å². The molecule has 1 N–H and O–H groups in total. The Labute approximate surface area is 215 Å². The maximum Gasteiger partial charge on any atom is 0.264 e. The highest BCUT2D eigenvalue weighted by Gasteiger charge is 2.62. The molecule has 0 radical (unpaired) electrons. The maximum absolute atomic E-state index is 13.3. The van der Waals surface area contributed by atoms with Gasteiger partial charge in [0.2, 0.25) is 5.91 Å². The highest BCUT2D eigenvalue weighted by Crippen LogP contribution is 2.69. The molecule has 2 aliphatic heterocycles. The molecule has 0 unspecified atom stereocenters. The lowest BCUT2D eigenvalue weighted by molar-refractivity contribution is -0.125.